The van der Waals surface area contributed by atoms with Gasteiger partial charge in [-0.2, -0.15) is 0 Å². The van der Waals surface area contributed by atoms with Gasteiger partial charge in [0, 0.05) is 18.7 Å². The van der Waals surface area contributed by atoms with Crippen molar-refractivity contribution in [2.75, 3.05) is 25.1 Å². The molecule has 1 aromatic heterocycles. The van der Waals surface area contributed by atoms with Gasteiger partial charge in [0.15, 0.2) is 0 Å². The van der Waals surface area contributed by atoms with Gasteiger partial charge in [-0.15, -0.1) is 17.6 Å². The number of pyridine rings is 1. The van der Waals surface area contributed by atoms with Gasteiger partial charge < -0.3 is 15.2 Å². The smallest absolute Gasteiger partial charge is 0.406 e. The van der Waals surface area contributed by atoms with Crippen molar-refractivity contribution in [3.63, 3.8) is 0 Å². The predicted octanol–water partition coefficient (Wildman–Crippen LogP) is 3.88. The number of hydrogen-bond donors (Lipinski definition) is 2. The Morgan fingerprint density at radius 1 is 1.03 bits per heavy atom. The molecule has 9 nitrogen and oxygen atoms in total. The summed E-state index contributed by atoms with van der Waals surface area (Å²) in [6.45, 7) is 0.356. The van der Waals surface area contributed by atoms with Crippen molar-refractivity contribution in [2.45, 2.75) is 35.9 Å². The number of benzene rings is 2. The molecule has 1 aliphatic carbocycles. The van der Waals surface area contributed by atoms with E-state index in [4.69, 9.17) is 0 Å². The molecule has 39 heavy (non-hydrogen) atoms. The van der Waals surface area contributed by atoms with Gasteiger partial charge in [-0.1, -0.05) is 30.3 Å². The van der Waals surface area contributed by atoms with E-state index < -0.39 is 28.5 Å². The second-order valence-electron chi connectivity index (χ2n) is 9.32. The lowest BCUT2D eigenvalue weighted by Gasteiger charge is -2.25. The van der Waals surface area contributed by atoms with Crippen molar-refractivity contribution < 1.29 is 36.2 Å². The number of alkyl halides is 3. The van der Waals surface area contributed by atoms with Crippen LogP contribution in [0.5, 0.6) is 5.75 Å². The van der Waals surface area contributed by atoms with E-state index in [2.05, 4.69) is 15.0 Å². The zero-order chi connectivity index (χ0) is 27.8. The fourth-order valence-electron chi connectivity index (χ4n) is 4.62. The average molecular weight is 563 g/mol. The lowest BCUT2D eigenvalue weighted by atomic mass is 9.95. The molecule has 0 bridgehead atoms. The minimum absolute atomic E-state index is 0.0818. The molecule has 5 rings (SSSR count). The molecule has 1 amide bonds. The van der Waals surface area contributed by atoms with Crippen LogP contribution in [-0.2, 0) is 20.2 Å². The zero-order valence-corrected chi connectivity index (χ0v) is 21.4. The van der Waals surface area contributed by atoms with E-state index in [0.717, 1.165) is 0 Å². The number of hydrazine groups is 1. The molecule has 2 heterocycles. The van der Waals surface area contributed by atoms with E-state index in [1.807, 2.05) is 0 Å². The topological polar surface area (TPSA) is 112 Å². The van der Waals surface area contributed by atoms with Crippen molar-refractivity contribution in [3.8, 4) is 17.0 Å². The first-order valence-electron chi connectivity index (χ1n) is 12.2. The number of carbonyl (C=O) groups is 1. The third-order valence-electron chi connectivity index (χ3n) is 6.79. The van der Waals surface area contributed by atoms with Gasteiger partial charge in [0.25, 0.3) is 10.0 Å². The first-order valence-corrected chi connectivity index (χ1v) is 13.6. The highest BCUT2D eigenvalue weighted by Gasteiger charge is 2.51. The molecular weight excluding hydrogens is 537 g/mol. The van der Waals surface area contributed by atoms with Gasteiger partial charge in [-0.25, -0.2) is 18.4 Å². The summed E-state index contributed by atoms with van der Waals surface area (Å²) in [4.78, 5) is 17.7. The monoisotopic (exact) mass is 562 g/mol. The number of ether oxygens (including phenoxy) is 1. The van der Waals surface area contributed by atoms with Crippen LogP contribution >= 0.6 is 0 Å². The Morgan fingerprint density at radius 2 is 1.72 bits per heavy atom. The maximum atomic E-state index is 13.1. The van der Waals surface area contributed by atoms with Crippen LogP contribution in [0.25, 0.3) is 11.3 Å². The molecule has 1 saturated carbocycles. The molecule has 2 N–H and O–H groups in total. The summed E-state index contributed by atoms with van der Waals surface area (Å²) in [5.41, 5.74) is 0.864. The lowest BCUT2D eigenvalue weighted by molar-refractivity contribution is -0.274. The molecule has 0 spiro atoms. The molecule has 2 aromatic carbocycles. The maximum absolute atomic E-state index is 13.1. The van der Waals surface area contributed by atoms with Crippen molar-refractivity contribution in [1.82, 2.24) is 14.4 Å². The number of aliphatic hydroxyl groups is 1. The van der Waals surface area contributed by atoms with Crippen molar-refractivity contribution in [2.24, 2.45) is 0 Å². The number of rotatable bonds is 8. The first kappa shape index (κ1) is 27.1. The summed E-state index contributed by atoms with van der Waals surface area (Å²) >= 11 is 0. The molecule has 2 aliphatic rings. The number of carbonyl (C=O) groups excluding carboxylic acids is 1. The van der Waals surface area contributed by atoms with E-state index in [-0.39, 0.29) is 22.4 Å². The number of amides is 1. The molecule has 2 fully saturated rings. The van der Waals surface area contributed by atoms with Gasteiger partial charge in [0.05, 0.1) is 16.0 Å². The first-order chi connectivity index (χ1) is 18.5. The van der Waals surface area contributed by atoms with Crippen LogP contribution in [-0.4, -0.2) is 60.0 Å². The van der Waals surface area contributed by atoms with Crippen LogP contribution in [0.2, 0.25) is 0 Å². The highest BCUT2D eigenvalue weighted by molar-refractivity contribution is 7.89. The highest BCUT2D eigenvalue weighted by atomic mass is 32.2. The second kappa shape index (κ2) is 10.2. The largest absolute Gasteiger partial charge is 0.573 e. The summed E-state index contributed by atoms with van der Waals surface area (Å²) < 4.78 is 68.4. The summed E-state index contributed by atoms with van der Waals surface area (Å²) in [5, 5.41) is 13.6. The number of nitrogens with zero attached hydrogens (tertiary/aromatic N) is 3. The van der Waals surface area contributed by atoms with E-state index >= 15 is 0 Å². The third-order valence-corrected chi connectivity index (χ3v) is 8.62. The fourth-order valence-corrected chi connectivity index (χ4v) is 6.15. The molecule has 0 radical (unpaired) electrons. The second-order valence-corrected chi connectivity index (χ2v) is 11.2. The standard InChI is InChI=1S/C26H25F3N4O5S/c27-26(28,29)38-20-9-7-19(8-10-20)25(13-14-25)24(35)31-23-4-1-3-22(30-23)18-5-11-21(12-6-18)39(36,37)33-16-2-15-32(33)17-34/h1,3-12,34H,2,13-17H2,(H,30,31,35). The summed E-state index contributed by atoms with van der Waals surface area (Å²) in [6.07, 6.45) is -3.09. The van der Waals surface area contributed by atoms with Gasteiger partial charge in [0.1, 0.15) is 18.3 Å². The van der Waals surface area contributed by atoms with Gasteiger partial charge in [-0.05, 0) is 61.2 Å². The minimum Gasteiger partial charge on any atom is -0.406 e. The van der Waals surface area contributed by atoms with E-state index in [1.165, 1.54) is 45.8 Å². The Kier molecular flexibility index (Phi) is 7.10. The number of sulfonamides is 1. The predicted molar refractivity (Wildman–Crippen MR) is 135 cm³/mol. The maximum Gasteiger partial charge on any atom is 0.573 e. The van der Waals surface area contributed by atoms with Crippen molar-refractivity contribution >= 4 is 21.7 Å². The number of nitrogens with one attached hydrogen (secondary N) is 1. The molecule has 1 aliphatic heterocycles. The Bertz CT molecular complexity index is 1460. The van der Waals surface area contributed by atoms with Crippen LogP contribution in [0.3, 0.4) is 0 Å². The van der Waals surface area contributed by atoms with Crippen LogP contribution in [0, 0.1) is 0 Å². The van der Waals surface area contributed by atoms with Crippen LogP contribution < -0.4 is 10.1 Å². The molecule has 206 valence electrons. The van der Waals surface area contributed by atoms with Crippen molar-refractivity contribution in [3.05, 3.63) is 72.3 Å². The lowest BCUT2D eigenvalue weighted by Crippen LogP contribution is -2.41. The Morgan fingerprint density at radius 3 is 2.33 bits per heavy atom. The van der Waals surface area contributed by atoms with E-state index in [1.54, 1.807) is 30.3 Å². The minimum atomic E-state index is -4.80. The van der Waals surface area contributed by atoms with Crippen LogP contribution in [0.4, 0.5) is 19.0 Å². The number of anilines is 1. The van der Waals surface area contributed by atoms with E-state index in [0.29, 0.717) is 49.2 Å². The molecule has 1 saturated heterocycles. The Labute approximate surface area is 222 Å². The quantitative estimate of drug-likeness (QED) is 0.429. The zero-order valence-electron chi connectivity index (χ0n) is 20.6. The molecular formula is C26H25F3N4O5S. The SMILES string of the molecule is O=C(Nc1cccc(-c2ccc(S(=O)(=O)N3CCCN3CO)cc2)n1)C1(c2ccc(OC(F)(F)F)cc2)CC1. The molecule has 3 aromatic rings. The summed E-state index contributed by atoms with van der Waals surface area (Å²) in [6, 6.07) is 16.5. The van der Waals surface area contributed by atoms with Crippen molar-refractivity contribution in [1.29, 1.82) is 0 Å². The average Bonchev–Trinajstić information content (AvgIpc) is 3.57. The number of aliphatic hydroxyl groups excluding tert-OH is 1. The van der Waals surface area contributed by atoms with Crippen LogP contribution in [0.1, 0.15) is 24.8 Å². The molecule has 0 unspecified atom stereocenters. The Balaban J connectivity index is 1.29. The van der Waals surface area contributed by atoms with Gasteiger partial charge in [-0.3, -0.25) is 4.79 Å². The number of aromatic nitrogens is 1. The Hall–Kier alpha value is -3.52. The highest BCUT2D eigenvalue weighted by Crippen LogP contribution is 2.49. The normalized spacial score (nSPS) is 17.6. The number of hydrogen-bond acceptors (Lipinski definition) is 7. The number of halogens is 3. The molecule has 13 heteroatoms. The van der Waals surface area contributed by atoms with E-state index in [9.17, 15) is 31.5 Å². The molecule has 0 atom stereocenters. The van der Waals surface area contributed by atoms with Gasteiger partial charge >= 0.3 is 6.36 Å². The van der Waals surface area contributed by atoms with Gasteiger partial charge in [0.2, 0.25) is 5.91 Å². The van der Waals surface area contributed by atoms with Crippen LogP contribution in [0.15, 0.2) is 71.6 Å². The summed E-state index contributed by atoms with van der Waals surface area (Å²) in [7, 11) is -3.81. The fraction of sp³-hybridized carbons (Fsp3) is 0.308. The summed E-state index contributed by atoms with van der Waals surface area (Å²) in [5.74, 6) is -0.396. The third kappa shape index (κ3) is 5.62.